The molecule has 8 heteroatoms. The molecule has 158 valence electrons. The summed E-state index contributed by atoms with van der Waals surface area (Å²) in [5.41, 5.74) is 1.68. The van der Waals surface area contributed by atoms with E-state index in [9.17, 15) is 14.7 Å². The highest BCUT2D eigenvalue weighted by atomic mass is 35.5. The summed E-state index contributed by atoms with van der Waals surface area (Å²) < 4.78 is 10.3. The van der Waals surface area contributed by atoms with Crippen LogP contribution >= 0.6 is 23.2 Å². The molecule has 0 aliphatic carbocycles. The smallest absolute Gasteiger partial charge is 0.295 e. The van der Waals surface area contributed by atoms with Gasteiger partial charge < -0.3 is 19.5 Å². The number of amides is 1. The van der Waals surface area contributed by atoms with Crippen molar-refractivity contribution < 1.29 is 24.2 Å². The highest BCUT2D eigenvalue weighted by molar-refractivity contribution is 6.47. The molecule has 2 aromatic carbocycles. The van der Waals surface area contributed by atoms with Crippen molar-refractivity contribution in [3.63, 3.8) is 0 Å². The summed E-state index contributed by atoms with van der Waals surface area (Å²) in [6.07, 6.45) is 0. The predicted molar refractivity (Wildman–Crippen MR) is 115 cm³/mol. The second-order valence-corrected chi connectivity index (χ2v) is 7.65. The van der Waals surface area contributed by atoms with Crippen LogP contribution in [0.3, 0.4) is 0 Å². The van der Waals surface area contributed by atoms with E-state index in [4.69, 9.17) is 32.7 Å². The van der Waals surface area contributed by atoms with E-state index >= 15 is 0 Å². The molecule has 3 rings (SSSR count). The Hall–Kier alpha value is -2.54. The number of aryl methyl sites for hydroxylation is 1. The van der Waals surface area contributed by atoms with Crippen LogP contribution in [0.1, 0.15) is 22.7 Å². The normalized spacial score (nSPS) is 18.2. The van der Waals surface area contributed by atoms with Crippen molar-refractivity contribution in [1.82, 2.24) is 4.90 Å². The zero-order valence-corrected chi connectivity index (χ0v) is 18.3. The van der Waals surface area contributed by atoms with E-state index < -0.39 is 17.7 Å². The summed E-state index contributed by atoms with van der Waals surface area (Å²) in [4.78, 5) is 27.1. The van der Waals surface area contributed by atoms with Crippen molar-refractivity contribution in [2.45, 2.75) is 13.0 Å². The lowest BCUT2D eigenvalue weighted by Gasteiger charge is -2.25. The average molecular weight is 450 g/mol. The minimum atomic E-state index is -0.823. The Kier molecular flexibility index (Phi) is 6.71. The number of carbonyl (C=O) groups excluding carboxylic acids is 2. The van der Waals surface area contributed by atoms with E-state index in [-0.39, 0.29) is 29.5 Å². The number of likely N-dealkylation sites (tertiary alicyclic amines) is 1. The minimum absolute atomic E-state index is 0.0113. The predicted octanol–water partition coefficient (Wildman–Crippen LogP) is 4.38. The van der Waals surface area contributed by atoms with Gasteiger partial charge in [0.1, 0.15) is 11.5 Å². The van der Waals surface area contributed by atoms with E-state index in [0.29, 0.717) is 27.5 Å². The summed E-state index contributed by atoms with van der Waals surface area (Å²) in [6.45, 7) is 2.18. The van der Waals surface area contributed by atoms with Crippen LogP contribution in [-0.2, 0) is 14.3 Å². The highest BCUT2D eigenvalue weighted by Gasteiger charge is 2.46. The molecule has 1 saturated heterocycles. The van der Waals surface area contributed by atoms with Crippen molar-refractivity contribution in [2.24, 2.45) is 0 Å². The molecule has 1 heterocycles. The van der Waals surface area contributed by atoms with Crippen molar-refractivity contribution in [3.8, 4) is 5.75 Å². The van der Waals surface area contributed by atoms with Gasteiger partial charge in [-0.25, -0.2) is 0 Å². The topological polar surface area (TPSA) is 76.1 Å². The number of halogens is 2. The monoisotopic (exact) mass is 449 g/mol. The van der Waals surface area contributed by atoms with Gasteiger partial charge in [-0.1, -0.05) is 29.3 Å². The van der Waals surface area contributed by atoms with Gasteiger partial charge in [0.2, 0.25) is 0 Å². The van der Waals surface area contributed by atoms with Crippen LogP contribution < -0.4 is 4.74 Å². The fourth-order valence-electron chi connectivity index (χ4n) is 3.50. The second-order valence-electron chi connectivity index (χ2n) is 6.84. The van der Waals surface area contributed by atoms with Crippen molar-refractivity contribution in [2.75, 3.05) is 27.4 Å². The third-order valence-electron chi connectivity index (χ3n) is 5.02. The van der Waals surface area contributed by atoms with E-state index in [0.717, 1.165) is 0 Å². The third kappa shape index (κ3) is 4.03. The zero-order valence-electron chi connectivity index (χ0n) is 16.7. The van der Waals surface area contributed by atoms with Gasteiger partial charge in [-0.3, -0.25) is 9.59 Å². The standard InChI is InChI=1S/C22H21Cl2NO5/c1-12-10-14(30-3)5-6-15(12)20(26)18-19(13-4-7-16(23)17(24)11-13)25(8-9-29-2)22(28)21(18)27/h4-7,10-11,19,26H,8-9H2,1-3H3/t19-/m1/s1. The number of benzene rings is 2. The number of aliphatic hydroxyl groups excluding tert-OH is 1. The van der Waals surface area contributed by atoms with Crippen LogP contribution in [-0.4, -0.2) is 49.1 Å². The molecule has 0 saturated carbocycles. The molecule has 1 aliphatic heterocycles. The number of hydrogen-bond acceptors (Lipinski definition) is 5. The van der Waals surface area contributed by atoms with Crippen LogP contribution in [0, 0.1) is 6.92 Å². The highest BCUT2D eigenvalue weighted by Crippen LogP contribution is 2.41. The van der Waals surface area contributed by atoms with E-state index in [1.54, 1.807) is 50.4 Å². The van der Waals surface area contributed by atoms with Crippen LogP contribution in [0.25, 0.3) is 5.76 Å². The summed E-state index contributed by atoms with van der Waals surface area (Å²) in [7, 11) is 3.05. The number of aliphatic hydroxyl groups is 1. The Balaban J connectivity index is 2.20. The van der Waals surface area contributed by atoms with Crippen LogP contribution in [0.2, 0.25) is 10.0 Å². The van der Waals surface area contributed by atoms with Crippen LogP contribution in [0.4, 0.5) is 0 Å². The number of Topliss-reactive ketones (excluding diaryl/α,β-unsaturated/α-hetero) is 1. The number of hydrogen-bond donors (Lipinski definition) is 1. The molecule has 1 fully saturated rings. The second kappa shape index (κ2) is 9.08. The van der Waals surface area contributed by atoms with Crippen LogP contribution in [0.5, 0.6) is 5.75 Å². The Morgan fingerprint density at radius 1 is 1.10 bits per heavy atom. The lowest BCUT2D eigenvalue weighted by Crippen LogP contribution is -2.32. The first-order chi connectivity index (χ1) is 14.3. The lowest BCUT2D eigenvalue weighted by atomic mass is 9.94. The quantitative estimate of drug-likeness (QED) is 0.402. The first-order valence-corrected chi connectivity index (χ1v) is 9.93. The van der Waals surface area contributed by atoms with Gasteiger partial charge in [0.25, 0.3) is 11.7 Å². The SMILES string of the molecule is COCCN1C(=O)C(=O)C(=C(O)c2ccc(OC)cc2C)[C@H]1c1ccc(Cl)c(Cl)c1. The molecule has 2 aromatic rings. The molecule has 30 heavy (non-hydrogen) atoms. The molecule has 0 bridgehead atoms. The first kappa shape index (κ1) is 22.2. The third-order valence-corrected chi connectivity index (χ3v) is 5.76. The molecule has 0 unspecified atom stereocenters. The van der Waals surface area contributed by atoms with E-state index in [1.807, 2.05) is 0 Å². The Labute approximate surface area is 184 Å². The zero-order chi connectivity index (χ0) is 22.0. The molecule has 0 radical (unpaired) electrons. The average Bonchev–Trinajstić information content (AvgIpc) is 2.98. The molecular weight excluding hydrogens is 429 g/mol. The number of carbonyl (C=O) groups is 2. The lowest BCUT2D eigenvalue weighted by molar-refractivity contribution is -0.140. The van der Waals surface area contributed by atoms with Gasteiger partial charge in [0.05, 0.1) is 35.4 Å². The Bertz CT molecular complexity index is 1030. The van der Waals surface area contributed by atoms with E-state index in [2.05, 4.69) is 0 Å². The van der Waals surface area contributed by atoms with Gasteiger partial charge in [0.15, 0.2) is 0 Å². The molecule has 1 N–H and O–H groups in total. The molecule has 1 aliphatic rings. The number of rotatable bonds is 6. The van der Waals surface area contributed by atoms with Crippen molar-refractivity contribution in [1.29, 1.82) is 0 Å². The number of methoxy groups -OCH3 is 2. The van der Waals surface area contributed by atoms with Gasteiger partial charge in [0, 0.05) is 19.2 Å². The molecule has 0 aromatic heterocycles. The fourth-order valence-corrected chi connectivity index (χ4v) is 3.81. The van der Waals surface area contributed by atoms with Gasteiger partial charge in [-0.2, -0.15) is 0 Å². The summed E-state index contributed by atoms with van der Waals surface area (Å²) >= 11 is 12.2. The summed E-state index contributed by atoms with van der Waals surface area (Å²) in [6, 6.07) is 9.11. The Morgan fingerprint density at radius 3 is 2.43 bits per heavy atom. The number of nitrogens with zero attached hydrogens (tertiary/aromatic N) is 1. The maximum atomic E-state index is 12.9. The summed E-state index contributed by atoms with van der Waals surface area (Å²) in [5.74, 6) is -1.12. The molecule has 0 spiro atoms. The maximum absolute atomic E-state index is 12.9. The minimum Gasteiger partial charge on any atom is -0.507 e. The maximum Gasteiger partial charge on any atom is 0.295 e. The van der Waals surface area contributed by atoms with Crippen LogP contribution in [0.15, 0.2) is 42.0 Å². The van der Waals surface area contributed by atoms with Gasteiger partial charge in [-0.05, 0) is 48.4 Å². The van der Waals surface area contributed by atoms with Gasteiger partial charge in [-0.15, -0.1) is 0 Å². The van der Waals surface area contributed by atoms with Crippen molar-refractivity contribution >= 4 is 40.7 Å². The molecular formula is C22H21Cl2NO5. The van der Waals surface area contributed by atoms with E-state index in [1.165, 1.54) is 12.0 Å². The van der Waals surface area contributed by atoms with Crippen molar-refractivity contribution in [3.05, 3.63) is 68.7 Å². The molecule has 1 amide bonds. The molecule has 6 nitrogen and oxygen atoms in total. The Morgan fingerprint density at radius 2 is 1.83 bits per heavy atom. The summed E-state index contributed by atoms with van der Waals surface area (Å²) in [5, 5.41) is 11.7. The largest absolute Gasteiger partial charge is 0.507 e. The number of ketones is 1. The fraction of sp³-hybridized carbons (Fsp3) is 0.273. The first-order valence-electron chi connectivity index (χ1n) is 9.17. The number of ether oxygens (including phenoxy) is 2. The van der Waals surface area contributed by atoms with Gasteiger partial charge >= 0.3 is 0 Å². The molecule has 1 atom stereocenters.